The summed E-state index contributed by atoms with van der Waals surface area (Å²) in [4.78, 5) is 38.5. The zero-order chi connectivity index (χ0) is 20.3. The zero-order valence-corrected chi connectivity index (χ0v) is 16.0. The van der Waals surface area contributed by atoms with E-state index in [1.165, 1.54) is 11.8 Å². The maximum Gasteiger partial charge on any atom is 0.265 e. The number of hydrogen-bond donors (Lipinski definition) is 1. The van der Waals surface area contributed by atoms with Crippen molar-refractivity contribution >= 4 is 29.0 Å². The normalized spacial score (nSPS) is 14.0. The average Bonchev–Trinajstić information content (AvgIpc) is 2.68. The summed E-state index contributed by atoms with van der Waals surface area (Å²) in [5.41, 5.74) is 1.38. The molecule has 7 nitrogen and oxygen atoms in total. The first-order valence-electron chi connectivity index (χ1n) is 9.05. The van der Waals surface area contributed by atoms with Gasteiger partial charge in [-0.25, -0.2) is 0 Å². The number of para-hydroxylation sites is 2. The molecule has 0 aliphatic carbocycles. The molecular formula is C21H22N2O5. The fourth-order valence-electron chi connectivity index (χ4n) is 3.02. The SMILES string of the molecule is CCOc1ccccc1NC(=O)C(C)N1C(=O)COc2ccc(C(C)=O)cc21. The number of rotatable bonds is 6. The van der Waals surface area contributed by atoms with Crippen LogP contribution in [-0.2, 0) is 9.59 Å². The largest absolute Gasteiger partial charge is 0.492 e. The highest BCUT2D eigenvalue weighted by Gasteiger charge is 2.33. The summed E-state index contributed by atoms with van der Waals surface area (Å²) in [6.07, 6.45) is 0. The van der Waals surface area contributed by atoms with Crippen molar-refractivity contribution in [2.24, 2.45) is 0 Å². The summed E-state index contributed by atoms with van der Waals surface area (Å²) in [6, 6.07) is 11.1. The number of carbonyl (C=O) groups is 3. The number of fused-ring (bicyclic) bond motifs is 1. The fraction of sp³-hybridized carbons (Fsp3) is 0.286. The lowest BCUT2D eigenvalue weighted by Crippen LogP contribution is -2.49. The quantitative estimate of drug-likeness (QED) is 0.776. The van der Waals surface area contributed by atoms with Crippen LogP contribution in [0.4, 0.5) is 11.4 Å². The molecule has 2 aromatic rings. The lowest BCUT2D eigenvalue weighted by atomic mass is 10.1. The summed E-state index contributed by atoms with van der Waals surface area (Å²) < 4.78 is 11.0. The first-order chi connectivity index (χ1) is 13.4. The molecule has 1 heterocycles. The number of nitrogens with zero attached hydrogens (tertiary/aromatic N) is 1. The Labute approximate surface area is 163 Å². The second kappa shape index (κ2) is 8.12. The lowest BCUT2D eigenvalue weighted by molar-refractivity contribution is -0.125. The van der Waals surface area contributed by atoms with Gasteiger partial charge in [-0.1, -0.05) is 12.1 Å². The van der Waals surface area contributed by atoms with E-state index in [4.69, 9.17) is 9.47 Å². The Morgan fingerprint density at radius 1 is 1.25 bits per heavy atom. The number of hydrogen-bond acceptors (Lipinski definition) is 5. The predicted octanol–water partition coefficient (Wildman–Crippen LogP) is 3.04. The highest BCUT2D eigenvalue weighted by atomic mass is 16.5. The molecule has 0 fully saturated rings. The van der Waals surface area contributed by atoms with Crippen LogP contribution in [0.2, 0.25) is 0 Å². The Hall–Kier alpha value is -3.35. The van der Waals surface area contributed by atoms with Gasteiger partial charge in [0.1, 0.15) is 17.5 Å². The van der Waals surface area contributed by atoms with Crippen molar-refractivity contribution < 1.29 is 23.9 Å². The molecule has 2 amide bonds. The molecular weight excluding hydrogens is 360 g/mol. The maximum absolute atomic E-state index is 12.9. The monoisotopic (exact) mass is 382 g/mol. The number of amides is 2. The molecule has 0 saturated heterocycles. The smallest absolute Gasteiger partial charge is 0.265 e. The molecule has 0 bridgehead atoms. The number of nitrogens with one attached hydrogen (secondary N) is 1. The maximum atomic E-state index is 12.9. The third-order valence-corrected chi connectivity index (χ3v) is 4.46. The lowest BCUT2D eigenvalue weighted by Gasteiger charge is -2.33. The summed E-state index contributed by atoms with van der Waals surface area (Å²) in [6.45, 7) is 5.23. The van der Waals surface area contributed by atoms with Crippen molar-refractivity contribution in [1.29, 1.82) is 0 Å². The number of anilines is 2. The van der Waals surface area contributed by atoms with Crippen LogP contribution in [0, 0.1) is 0 Å². The van der Waals surface area contributed by atoms with Crippen molar-refractivity contribution in [3.63, 3.8) is 0 Å². The topological polar surface area (TPSA) is 84.9 Å². The zero-order valence-electron chi connectivity index (χ0n) is 16.0. The number of benzene rings is 2. The summed E-state index contributed by atoms with van der Waals surface area (Å²) in [5.74, 6) is 0.149. The summed E-state index contributed by atoms with van der Waals surface area (Å²) in [5, 5.41) is 2.82. The van der Waals surface area contributed by atoms with Gasteiger partial charge >= 0.3 is 0 Å². The second-order valence-electron chi connectivity index (χ2n) is 6.39. The molecule has 0 spiro atoms. The number of carbonyl (C=O) groups excluding carboxylic acids is 3. The van der Waals surface area contributed by atoms with Gasteiger partial charge in [0, 0.05) is 5.56 Å². The Morgan fingerprint density at radius 2 is 2.00 bits per heavy atom. The highest BCUT2D eigenvalue weighted by Crippen LogP contribution is 2.35. The second-order valence-corrected chi connectivity index (χ2v) is 6.39. The Balaban J connectivity index is 1.89. The van der Waals surface area contributed by atoms with Crippen molar-refractivity contribution in [2.45, 2.75) is 26.8 Å². The van der Waals surface area contributed by atoms with Gasteiger partial charge in [-0.3, -0.25) is 19.3 Å². The van der Waals surface area contributed by atoms with Gasteiger partial charge in [0.15, 0.2) is 12.4 Å². The average molecular weight is 382 g/mol. The van der Waals surface area contributed by atoms with Crippen LogP contribution in [0.5, 0.6) is 11.5 Å². The van der Waals surface area contributed by atoms with E-state index >= 15 is 0 Å². The molecule has 1 atom stereocenters. The Bertz CT molecular complexity index is 925. The molecule has 0 aromatic heterocycles. The number of ketones is 1. The highest BCUT2D eigenvalue weighted by molar-refractivity contribution is 6.08. The van der Waals surface area contributed by atoms with Crippen LogP contribution in [0.25, 0.3) is 0 Å². The Kier molecular flexibility index (Phi) is 5.63. The van der Waals surface area contributed by atoms with Gasteiger partial charge in [-0.05, 0) is 51.1 Å². The van der Waals surface area contributed by atoms with Gasteiger partial charge in [0.25, 0.3) is 5.91 Å². The van der Waals surface area contributed by atoms with Gasteiger partial charge in [-0.2, -0.15) is 0 Å². The minimum Gasteiger partial charge on any atom is -0.492 e. The first-order valence-corrected chi connectivity index (χ1v) is 9.05. The third-order valence-electron chi connectivity index (χ3n) is 4.46. The molecule has 7 heteroatoms. The van der Waals surface area contributed by atoms with E-state index in [0.29, 0.717) is 35.0 Å². The van der Waals surface area contributed by atoms with E-state index < -0.39 is 6.04 Å². The van der Waals surface area contributed by atoms with Crippen LogP contribution in [0.15, 0.2) is 42.5 Å². The van der Waals surface area contributed by atoms with Crippen molar-refractivity contribution in [1.82, 2.24) is 0 Å². The predicted molar refractivity (Wildman–Crippen MR) is 105 cm³/mol. The van der Waals surface area contributed by atoms with Crippen LogP contribution >= 0.6 is 0 Å². The molecule has 1 N–H and O–H groups in total. The van der Waals surface area contributed by atoms with Crippen LogP contribution in [0.3, 0.4) is 0 Å². The minimum atomic E-state index is -0.813. The minimum absolute atomic E-state index is 0.136. The van der Waals surface area contributed by atoms with E-state index in [1.807, 2.05) is 13.0 Å². The standard InChI is InChI=1S/C21H22N2O5/c1-4-27-18-8-6-5-7-16(18)22-21(26)13(2)23-17-11-15(14(3)24)9-10-19(17)28-12-20(23)25/h5-11,13H,4,12H2,1-3H3,(H,22,26). The van der Waals surface area contributed by atoms with Gasteiger partial charge in [0.2, 0.25) is 5.91 Å². The van der Waals surface area contributed by atoms with Crippen LogP contribution in [0.1, 0.15) is 31.1 Å². The van der Waals surface area contributed by atoms with Crippen LogP contribution < -0.4 is 19.7 Å². The van der Waals surface area contributed by atoms with Crippen LogP contribution in [-0.4, -0.2) is 36.9 Å². The van der Waals surface area contributed by atoms with E-state index in [9.17, 15) is 14.4 Å². The number of Topliss-reactive ketones (excluding diaryl/α,β-unsaturated/α-hetero) is 1. The van der Waals surface area contributed by atoms with Gasteiger partial charge in [0.05, 0.1) is 18.0 Å². The molecule has 1 aliphatic rings. The fourth-order valence-corrected chi connectivity index (χ4v) is 3.02. The first kappa shape index (κ1) is 19.4. The molecule has 28 heavy (non-hydrogen) atoms. The van der Waals surface area contributed by atoms with Crippen molar-refractivity contribution in [2.75, 3.05) is 23.4 Å². The van der Waals surface area contributed by atoms with E-state index in [0.717, 1.165) is 0 Å². The molecule has 3 rings (SSSR count). The molecule has 146 valence electrons. The third kappa shape index (κ3) is 3.83. The van der Waals surface area contributed by atoms with Gasteiger partial charge < -0.3 is 14.8 Å². The van der Waals surface area contributed by atoms with E-state index in [2.05, 4.69) is 5.32 Å². The number of ether oxygens (including phenoxy) is 2. The molecule has 1 unspecified atom stereocenters. The molecule has 0 saturated carbocycles. The van der Waals surface area contributed by atoms with Crippen molar-refractivity contribution in [3.8, 4) is 11.5 Å². The molecule has 2 aromatic carbocycles. The van der Waals surface area contributed by atoms with E-state index in [-0.39, 0.29) is 24.2 Å². The Morgan fingerprint density at radius 3 is 2.71 bits per heavy atom. The van der Waals surface area contributed by atoms with E-state index in [1.54, 1.807) is 43.3 Å². The summed E-state index contributed by atoms with van der Waals surface area (Å²) >= 11 is 0. The van der Waals surface area contributed by atoms with Crippen molar-refractivity contribution in [3.05, 3.63) is 48.0 Å². The summed E-state index contributed by atoms with van der Waals surface area (Å²) in [7, 11) is 0. The van der Waals surface area contributed by atoms with Gasteiger partial charge in [-0.15, -0.1) is 0 Å². The molecule has 1 aliphatic heterocycles. The molecule has 0 radical (unpaired) electrons.